The number of hydrogen-bond acceptors (Lipinski definition) is 5. The first-order valence-corrected chi connectivity index (χ1v) is 10.1. The molecule has 0 unspecified atom stereocenters. The van der Waals surface area contributed by atoms with Crippen LogP contribution in [0.5, 0.6) is 0 Å². The predicted molar refractivity (Wildman–Crippen MR) is 110 cm³/mol. The van der Waals surface area contributed by atoms with E-state index in [9.17, 15) is 4.79 Å². The van der Waals surface area contributed by atoms with Gasteiger partial charge < -0.3 is 19.5 Å². The first-order chi connectivity index (χ1) is 13.1. The number of ether oxygens (including phenoxy) is 1. The number of fused-ring (bicyclic) bond motifs is 1. The fourth-order valence-corrected chi connectivity index (χ4v) is 4.59. The Morgan fingerprint density at radius 2 is 2.04 bits per heavy atom. The van der Waals surface area contributed by atoms with Crippen molar-refractivity contribution >= 4 is 39.0 Å². The molecule has 27 heavy (non-hydrogen) atoms. The number of aromatic nitrogens is 2. The number of carbonyl (C=O) groups is 1. The van der Waals surface area contributed by atoms with Gasteiger partial charge in [0, 0.05) is 41.9 Å². The zero-order valence-corrected chi connectivity index (χ0v) is 16.7. The second-order valence-corrected chi connectivity index (χ2v) is 7.75. The quantitative estimate of drug-likeness (QED) is 0.743. The maximum absolute atomic E-state index is 12.8. The van der Waals surface area contributed by atoms with Crippen molar-refractivity contribution < 1.29 is 9.53 Å². The summed E-state index contributed by atoms with van der Waals surface area (Å²) in [5.74, 6) is -0.101. The second kappa shape index (κ2) is 7.32. The van der Waals surface area contributed by atoms with Gasteiger partial charge in [-0.05, 0) is 45.0 Å². The van der Waals surface area contributed by atoms with Crippen LogP contribution in [0.3, 0.4) is 0 Å². The average Bonchev–Trinajstić information content (AvgIpc) is 3.21. The number of amides is 1. The topological polar surface area (TPSA) is 59.4 Å². The largest absolute Gasteiger partial charge is 0.378 e. The molecular formula is C20H24N4O2S. The Bertz CT molecular complexity index is 985. The lowest BCUT2D eigenvalue weighted by atomic mass is 10.2. The molecule has 1 aliphatic rings. The maximum Gasteiger partial charge on any atom is 0.267 e. The van der Waals surface area contributed by atoms with Crippen LogP contribution in [-0.4, -0.2) is 41.8 Å². The number of aryl methyl sites for hydroxylation is 3. The number of benzene rings is 1. The first-order valence-electron chi connectivity index (χ1n) is 9.28. The van der Waals surface area contributed by atoms with Gasteiger partial charge in [-0.25, -0.2) is 4.98 Å². The number of nitrogens with zero attached hydrogens (tertiary/aromatic N) is 3. The number of hydrogen-bond donors (Lipinski definition) is 1. The monoisotopic (exact) mass is 384 g/mol. The van der Waals surface area contributed by atoms with E-state index in [1.165, 1.54) is 22.5 Å². The van der Waals surface area contributed by atoms with Crippen LogP contribution in [0, 0.1) is 13.8 Å². The fraction of sp³-hybridized carbons (Fsp3) is 0.400. The van der Waals surface area contributed by atoms with Gasteiger partial charge in [-0.2, -0.15) is 0 Å². The van der Waals surface area contributed by atoms with E-state index < -0.39 is 0 Å². The van der Waals surface area contributed by atoms with E-state index in [-0.39, 0.29) is 5.91 Å². The summed E-state index contributed by atoms with van der Waals surface area (Å²) in [6, 6.07) is 8.22. The van der Waals surface area contributed by atoms with Crippen LogP contribution in [-0.2, 0) is 11.3 Å². The number of morpholine rings is 1. The molecule has 1 saturated heterocycles. The lowest BCUT2D eigenvalue weighted by molar-refractivity contribution is 0.103. The third kappa shape index (κ3) is 3.44. The summed E-state index contributed by atoms with van der Waals surface area (Å²) in [5.41, 5.74) is 4.00. The van der Waals surface area contributed by atoms with Crippen molar-refractivity contribution in [2.75, 3.05) is 36.5 Å². The van der Waals surface area contributed by atoms with E-state index in [0.717, 1.165) is 41.5 Å². The molecule has 1 fully saturated rings. The van der Waals surface area contributed by atoms with E-state index >= 15 is 0 Å². The molecule has 0 atom stereocenters. The molecule has 1 aliphatic heterocycles. The summed E-state index contributed by atoms with van der Waals surface area (Å²) in [6.45, 7) is 10.1. The minimum Gasteiger partial charge on any atom is -0.378 e. The molecule has 2 aromatic heterocycles. The number of nitrogens with one attached hydrogen (secondary N) is 1. The molecule has 1 N–H and O–H groups in total. The van der Waals surface area contributed by atoms with Gasteiger partial charge in [0.15, 0.2) is 5.13 Å². The van der Waals surface area contributed by atoms with Crippen molar-refractivity contribution in [3.63, 3.8) is 0 Å². The Morgan fingerprint density at radius 3 is 2.78 bits per heavy atom. The maximum atomic E-state index is 12.8. The average molecular weight is 385 g/mol. The number of anilines is 2. The van der Waals surface area contributed by atoms with Crippen LogP contribution in [0.2, 0.25) is 0 Å². The van der Waals surface area contributed by atoms with Gasteiger partial charge in [-0.1, -0.05) is 11.3 Å². The second-order valence-electron chi connectivity index (χ2n) is 6.77. The van der Waals surface area contributed by atoms with Crippen molar-refractivity contribution in [2.45, 2.75) is 27.3 Å². The lowest BCUT2D eigenvalue weighted by Gasteiger charge is -2.25. The molecule has 0 aliphatic carbocycles. The van der Waals surface area contributed by atoms with Crippen LogP contribution in [0.15, 0.2) is 24.3 Å². The van der Waals surface area contributed by atoms with E-state index in [2.05, 4.69) is 45.7 Å². The number of thiazole rings is 1. The van der Waals surface area contributed by atoms with Crippen LogP contribution < -0.4 is 10.2 Å². The SMILES string of the molecule is CCn1c(C)cc2cc(NC(=O)c3sc(N4CCOCC4)nc3C)ccc21. The van der Waals surface area contributed by atoms with Crippen LogP contribution in [0.1, 0.15) is 28.0 Å². The summed E-state index contributed by atoms with van der Waals surface area (Å²) in [7, 11) is 0. The van der Waals surface area contributed by atoms with E-state index in [0.29, 0.717) is 18.1 Å². The summed E-state index contributed by atoms with van der Waals surface area (Å²) in [4.78, 5) is 20.3. The summed E-state index contributed by atoms with van der Waals surface area (Å²) >= 11 is 1.45. The third-order valence-corrected chi connectivity index (χ3v) is 6.17. The highest BCUT2D eigenvalue weighted by atomic mass is 32.1. The van der Waals surface area contributed by atoms with Crippen molar-refractivity contribution in [1.29, 1.82) is 0 Å². The Morgan fingerprint density at radius 1 is 1.26 bits per heavy atom. The van der Waals surface area contributed by atoms with Gasteiger partial charge in [-0.15, -0.1) is 0 Å². The smallest absolute Gasteiger partial charge is 0.267 e. The molecular weight excluding hydrogens is 360 g/mol. The van der Waals surface area contributed by atoms with Crippen LogP contribution in [0.4, 0.5) is 10.8 Å². The van der Waals surface area contributed by atoms with Crippen LogP contribution in [0.25, 0.3) is 10.9 Å². The number of rotatable bonds is 4. The molecule has 0 bridgehead atoms. The van der Waals surface area contributed by atoms with Gasteiger partial charge in [0.25, 0.3) is 5.91 Å². The first kappa shape index (κ1) is 18.0. The van der Waals surface area contributed by atoms with E-state index in [1.807, 2.05) is 19.1 Å². The standard InChI is InChI=1S/C20H24N4O2S/c1-4-24-13(2)11-15-12-16(5-6-17(15)24)22-19(25)18-14(3)21-20(27-18)23-7-9-26-10-8-23/h5-6,11-12H,4,7-10H2,1-3H3,(H,22,25). The van der Waals surface area contributed by atoms with Crippen molar-refractivity contribution in [2.24, 2.45) is 0 Å². The molecule has 6 nitrogen and oxygen atoms in total. The van der Waals surface area contributed by atoms with Crippen LogP contribution >= 0.6 is 11.3 Å². The molecule has 0 spiro atoms. The van der Waals surface area contributed by atoms with Gasteiger partial charge in [-0.3, -0.25) is 4.79 Å². The molecule has 0 radical (unpaired) electrons. The molecule has 3 aromatic rings. The molecule has 142 valence electrons. The summed E-state index contributed by atoms with van der Waals surface area (Å²) in [5, 5.41) is 5.07. The molecule has 4 rings (SSSR count). The molecule has 3 heterocycles. The van der Waals surface area contributed by atoms with Crippen molar-refractivity contribution in [1.82, 2.24) is 9.55 Å². The summed E-state index contributed by atoms with van der Waals surface area (Å²) in [6.07, 6.45) is 0. The van der Waals surface area contributed by atoms with Gasteiger partial charge in [0.1, 0.15) is 4.88 Å². The third-order valence-electron chi connectivity index (χ3n) is 4.96. The summed E-state index contributed by atoms with van der Waals surface area (Å²) < 4.78 is 7.66. The van der Waals surface area contributed by atoms with E-state index in [4.69, 9.17) is 4.74 Å². The van der Waals surface area contributed by atoms with Crippen molar-refractivity contribution in [3.05, 3.63) is 40.5 Å². The zero-order valence-electron chi connectivity index (χ0n) is 15.9. The Hall–Kier alpha value is -2.38. The molecule has 7 heteroatoms. The Labute approximate surface area is 162 Å². The Kier molecular flexibility index (Phi) is 4.88. The molecule has 1 amide bonds. The minimum absolute atomic E-state index is 0.101. The van der Waals surface area contributed by atoms with Crippen molar-refractivity contribution in [3.8, 4) is 0 Å². The predicted octanol–water partition coefficient (Wildman–Crippen LogP) is 3.82. The highest BCUT2D eigenvalue weighted by molar-refractivity contribution is 7.17. The van der Waals surface area contributed by atoms with Gasteiger partial charge in [0.2, 0.25) is 0 Å². The van der Waals surface area contributed by atoms with Gasteiger partial charge >= 0.3 is 0 Å². The normalized spacial score (nSPS) is 14.7. The minimum atomic E-state index is -0.101. The fourth-order valence-electron chi connectivity index (χ4n) is 3.58. The van der Waals surface area contributed by atoms with E-state index in [1.54, 1.807) is 0 Å². The van der Waals surface area contributed by atoms with Gasteiger partial charge in [0.05, 0.1) is 18.9 Å². The lowest BCUT2D eigenvalue weighted by Crippen LogP contribution is -2.36. The Balaban J connectivity index is 1.55. The zero-order chi connectivity index (χ0) is 19.0. The number of carbonyl (C=O) groups excluding carboxylic acids is 1. The highest BCUT2D eigenvalue weighted by Gasteiger charge is 2.20. The highest BCUT2D eigenvalue weighted by Crippen LogP contribution is 2.28. The molecule has 1 aromatic carbocycles. The molecule has 0 saturated carbocycles.